The summed E-state index contributed by atoms with van der Waals surface area (Å²) in [6.07, 6.45) is 2.23. The van der Waals surface area contributed by atoms with E-state index >= 15 is 0 Å². The van der Waals surface area contributed by atoms with Crippen molar-refractivity contribution < 1.29 is 19.1 Å². The fourth-order valence-corrected chi connectivity index (χ4v) is 3.52. The number of rotatable bonds is 4. The summed E-state index contributed by atoms with van der Waals surface area (Å²) in [6.45, 7) is 2.37. The molecule has 1 aliphatic heterocycles. The molecule has 0 bridgehead atoms. The number of nitrogens with zero attached hydrogens (tertiary/aromatic N) is 4. The van der Waals surface area contributed by atoms with Crippen molar-refractivity contribution >= 4 is 28.7 Å². The highest BCUT2D eigenvalue weighted by atomic mass is 35.5. The molecule has 1 saturated heterocycles. The first-order chi connectivity index (χ1) is 13.6. The van der Waals surface area contributed by atoms with Crippen molar-refractivity contribution in [2.75, 3.05) is 6.61 Å². The first-order valence-electron chi connectivity index (χ1n) is 8.90. The molecule has 2 atom stereocenters. The van der Waals surface area contributed by atoms with Gasteiger partial charge >= 0.3 is 5.97 Å². The summed E-state index contributed by atoms with van der Waals surface area (Å²) in [6, 6.07) is 3.51. The Morgan fingerprint density at radius 1 is 1.43 bits per heavy atom. The largest absolute Gasteiger partial charge is 0.481 e. The van der Waals surface area contributed by atoms with Gasteiger partial charge in [0.1, 0.15) is 11.7 Å². The third-order valence-electron chi connectivity index (χ3n) is 4.49. The monoisotopic (exact) mass is 400 g/mol. The number of aromatic nitrogens is 4. The average molecular weight is 401 g/mol. The topological polar surface area (TPSA) is 103 Å². The van der Waals surface area contributed by atoms with Crippen LogP contribution in [0.4, 0.5) is 0 Å². The predicted molar refractivity (Wildman–Crippen MR) is 101 cm³/mol. The van der Waals surface area contributed by atoms with Crippen LogP contribution in [0.2, 0.25) is 5.15 Å². The molecule has 0 aromatic carbocycles. The van der Waals surface area contributed by atoms with Crippen LogP contribution >= 0.6 is 11.6 Å². The number of aliphatic carboxylic acids is 1. The van der Waals surface area contributed by atoms with E-state index in [0.717, 1.165) is 0 Å². The minimum Gasteiger partial charge on any atom is -0.481 e. The van der Waals surface area contributed by atoms with Gasteiger partial charge in [-0.2, -0.15) is 0 Å². The van der Waals surface area contributed by atoms with Gasteiger partial charge in [-0.25, -0.2) is 15.0 Å². The maximum absolute atomic E-state index is 11.3. The van der Waals surface area contributed by atoms with Crippen molar-refractivity contribution in [3.05, 3.63) is 29.4 Å². The van der Waals surface area contributed by atoms with Gasteiger partial charge in [0.05, 0.1) is 12.7 Å². The predicted octanol–water partition coefficient (Wildman–Crippen LogP) is 3.51. The average Bonchev–Trinajstić information content (AvgIpc) is 3.38. The maximum Gasteiger partial charge on any atom is 0.303 e. The number of carbonyl (C=O) groups is 1. The van der Waals surface area contributed by atoms with Crippen molar-refractivity contribution in [3.8, 4) is 23.4 Å². The quantitative estimate of drug-likeness (QED) is 0.527. The van der Waals surface area contributed by atoms with Crippen molar-refractivity contribution in [1.29, 1.82) is 0 Å². The Morgan fingerprint density at radius 3 is 3.00 bits per heavy atom. The normalized spacial score (nSPS) is 18.9. The summed E-state index contributed by atoms with van der Waals surface area (Å²) in [4.78, 5) is 24.6. The van der Waals surface area contributed by atoms with Crippen molar-refractivity contribution in [3.63, 3.8) is 0 Å². The molecule has 1 fully saturated rings. The van der Waals surface area contributed by atoms with Crippen LogP contribution in [0, 0.1) is 17.8 Å². The van der Waals surface area contributed by atoms with Crippen LogP contribution in [-0.2, 0) is 9.53 Å². The SMILES string of the molecule is CCC#Cc1nc(Cl)c2nc(-c3ccco3)n([C@@H]3OCC[C@@H]3CC(=O)O)c2n1. The first kappa shape index (κ1) is 18.5. The highest BCUT2D eigenvalue weighted by Gasteiger charge is 2.36. The van der Waals surface area contributed by atoms with E-state index in [2.05, 4.69) is 26.8 Å². The number of halogens is 1. The molecule has 4 heterocycles. The molecule has 0 saturated carbocycles. The Morgan fingerprint density at radius 2 is 2.29 bits per heavy atom. The molecule has 8 nitrogen and oxygen atoms in total. The summed E-state index contributed by atoms with van der Waals surface area (Å²) >= 11 is 6.35. The summed E-state index contributed by atoms with van der Waals surface area (Å²) < 4.78 is 13.2. The van der Waals surface area contributed by atoms with Gasteiger partial charge in [0, 0.05) is 18.9 Å². The van der Waals surface area contributed by atoms with E-state index in [0.29, 0.717) is 42.2 Å². The van der Waals surface area contributed by atoms with Gasteiger partial charge in [0.25, 0.3) is 0 Å². The van der Waals surface area contributed by atoms with E-state index in [1.54, 1.807) is 16.7 Å². The molecule has 3 aromatic rings. The fourth-order valence-electron chi connectivity index (χ4n) is 3.32. The molecule has 0 radical (unpaired) electrons. The van der Waals surface area contributed by atoms with Crippen LogP contribution in [0.5, 0.6) is 0 Å². The smallest absolute Gasteiger partial charge is 0.303 e. The number of furan rings is 1. The molecular weight excluding hydrogens is 384 g/mol. The van der Waals surface area contributed by atoms with Crippen LogP contribution in [-0.4, -0.2) is 37.2 Å². The molecule has 1 aliphatic rings. The Bertz CT molecular complexity index is 1080. The van der Waals surface area contributed by atoms with E-state index in [4.69, 9.17) is 20.8 Å². The third kappa shape index (κ3) is 3.35. The minimum atomic E-state index is -0.883. The number of carboxylic acid groups (broad SMARTS) is 1. The van der Waals surface area contributed by atoms with Gasteiger partial charge in [-0.15, -0.1) is 0 Å². The van der Waals surface area contributed by atoms with Crippen molar-refractivity contribution in [2.45, 2.75) is 32.4 Å². The molecule has 0 unspecified atom stereocenters. The van der Waals surface area contributed by atoms with Gasteiger partial charge in [-0.05, 0) is 24.5 Å². The number of hydrogen-bond acceptors (Lipinski definition) is 6. The molecular formula is C19H17ClN4O4. The zero-order valence-corrected chi connectivity index (χ0v) is 15.8. The molecule has 0 amide bonds. The molecule has 144 valence electrons. The zero-order valence-electron chi connectivity index (χ0n) is 15.1. The van der Waals surface area contributed by atoms with E-state index in [1.807, 2.05) is 6.92 Å². The Balaban J connectivity index is 1.94. The van der Waals surface area contributed by atoms with Crippen LogP contribution in [0.15, 0.2) is 22.8 Å². The molecule has 4 rings (SSSR count). The lowest BCUT2D eigenvalue weighted by molar-refractivity contribution is -0.139. The minimum absolute atomic E-state index is 0.0246. The molecule has 1 N–H and O–H groups in total. The molecule has 3 aromatic heterocycles. The zero-order chi connectivity index (χ0) is 19.7. The van der Waals surface area contributed by atoms with E-state index < -0.39 is 12.2 Å². The second-order valence-corrected chi connectivity index (χ2v) is 6.71. The second-order valence-electron chi connectivity index (χ2n) is 6.36. The maximum atomic E-state index is 11.3. The number of ether oxygens (including phenoxy) is 1. The summed E-state index contributed by atoms with van der Waals surface area (Å²) in [5, 5.41) is 9.45. The first-order valence-corrected chi connectivity index (χ1v) is 9.28. The highest BCUT2D eigenvalue weighted by molar-refractivity contribution is 6.33. The standard InChI is InChI=1S/C19H17ClN4O4/c1-2-3-6-13-21-16(20)15-18(22-13)24(17(23-15)12-5-4-8-27-12)19-11(7-9-28-19)10-14(25)26/h4-5,8,11,19H,2,7,9-10H2,1H3,(H,25,26)/t11-,19-/m1/s1. The Labute approximate surface area is 165 Å². The lowest BCUT2D eigenvalue weighted by atomic mass is 10.0. The lowest BCUT2D eigenvalue weighted by Crippen LogP contribution is -2.19. The molecule has 28 heavy (non-hydrogen) atoms. The number of fused-ring (bicyclic) bond motifs is 1. The molecule has 0 spiro atoms. The highest BCUT2D eigenvalue weighted by Crippen LogP contribution is 2.39. The third-order valence-corrected chi connectivity index (χ3v) is 4.75. The van der Waals surface area contributed by atoms with Crippen LogP contribution in [0.25, 0.3) is 22.7 Å². The lowest BCUT2D eigenvalue weighted by Gasteiger charge is -2.20. The summed E-state index contributed by atoms with van der Waals surface area (Å²) in [5.41, 5.74) is 0.828. The summed E-state index contributed by atoms with van der Waals surface area (Å²) in [5.74, 6) is 5.92. The van der Waals surface area contributed by atoms with Crippen molar-refractivity contribution in [2.24, 2.45) is 5.92 Å². The van der Waals surface area contributed by atoms with Gasteiger partial charge < -0.3 is 14.3 Å². The van der Waals surface area contributed by atoms with Gasteiger partial charge in [-0.3, -0.25) is 9.36 Å². The number of carboxylic acids is 1. The van der Waals surface area contributed by atoms with Gasteiger partial charge in [-0.1, -0.05) is 24.4 Å². The fraction of sp³-hybridized carbons (Fsp3) is 0.368. The van der Waals surface area contributed by atoms with Crippen molar-refractivity contribution in [1.82, 2.24) is 19.5 Å². The van der Waals surface area contributed by atoms with E-state index in [-0.39, 0.29) is 23.3 Å². The van der Waals surface area contributed by atoms with E-state index in [9.17, 15) is 9.90 Å². The van der Waals surface area contributed by atoms with E-state index in [1.165, 1.54) is 6.26 Å². The molecule has 9 heteroatoms. The summed E-state index contributed by atoms with van der Waals surface area (Å²) in [7, 11) is 0. The van der Waals surface area contributed by atoms with Crippen LogP contribution in [0.1, 0.15) is 38.2 Å². The van der Waals surface area contributed by atoms with Crippen LogP contribution in [0.3, 0.4) is 0 Å². The Kier molecular flexibility index (Phi) is 5.03. The molecule has 0 aliphatic carbocycles. The second kappa shape index (κ2) is 7.62. The van der Waals surface area contributed by atoms with Gasteiger partial charge in [0.15, 0.2) is 22.4 Å². The van der Waals surface area contributed by atoms with Gasteiger partial charge in [0.2, 0.25) is 5.82 Å². The van der Waals surface area contributed by atoms with Crippen LogP contribution < -0.4 is 0 Å². The number of hydrogen-bond donors (Lipinski definition) is 1. The number of imidazole rings is 1. The Hall–Kier alpha value is -2.89.